The van der Waals surface area contributed by atoms with Crippen LogP contribution in [-0.4, -0.2) is 4.98 Å². The first-order valence-electron chi connectivity index (χ1n) is 4.86. The van der Waals surface area contributed by atoms with Crippen LogP contribution in [-0.2, 0) is 6.54 Å². The van der Waals surface area contributed by atoms with Crippen molar-refractivity contribution in [2.24, 2.45) is 0 Å². The van der Waals surface area contributed by atoms with E-state index in [1.54, 1.807) is 12.1 Å². The summed E-state index contributed by atoms with van der Waals surface area (Å²) in [6, 6.07) is 7.15. The fourth-order valence-corrected chi connectivity index (χ4v) is 1.58. The zero-order valence-corrected chi connectivity index (χ0v) is 9.58. The number of nitrogens with two attached hydrogens (primary N) is 1. The summed E-state index contributed by atoms with van der Waals surface area (Å²) in [6.07, 6.45) is 0. The van der Waals surface area contributed by atoms with E-state index >= 15 is 0 Å². The molecule has 2 aromatic rings. The summed E-state index contributed by atoms with van der Waals surface area (Å²) in [4.78, 5) is 4.09. The Labute approximate surface area is 98.4 Å². The monoisotopic (exact) mass is 237 g/mol. The highest BCUT2D eigenvalue weighted by Crippen LogP contribution is 2.16. The predicted molar refractivity (Wildman–Crippen MR) is 64.4 cm³/mol. The van der Waals surface area contributed by atoms with E-state index in [0.29, 0.717) is 23.2 Å². The summed E-state index contributed by atoms with van der Waals surface area (Å²) in [7, 11) is 0. The van der Waals surface area contributed by atoms with Gasteiger partial charge < -0.3 is 15.5 Å². The van der Waals surface area contributed by atoms with Gasteiger partial charge >= 0.3 is 0 Å². The highest BCUT2D eigenvalue weighted by atomic mass is 35.5. The predicted octanol–water partition coefficient (Wildman–Crippen LogP) is 2.83. The van der Waals surface area contributed by atoms with Gasteiger partial charge in [0.25, 0.3) is 0 Å². The average Bonchev–Trinajstić information content (AvgIpc) is 2.60. The van der Waals surface area contributed by atoms with Gasteiger partial charge in [0, 0.05) is 11.8 Å². The first kappa shape index (κ1) is 10.8. The topological polar surface area (TPSA) is 64.1 Å². The Balaban J connectivity index is 2.04. The van der Waals surface area contributed by atoms with E-state index in [0.717, 1.165) is 11.5 Å². The first-order valence-corrected chi connectivity index (χ1v) is 5.23. The molecule has 0 aromatic carbocycles. The minimum Gasteiger partial charge on any atom is -0.465 e. The molecule has 0 unspecified atom stereocenters. The molecular formula is C11H12ClN3O. The van der Waals surface area contributed by atoms with Gasteiger partial charge in [0.05, 0.1) is 6.54 Å². The summed E-state index contributed by atoms with van der Waals surface area (Å²) in [5.41, 5.74) is 6.23. The minimum absolute atomic E-state index is 0.373. The van der Waals surface area contributed by atoms with Crippen LogP contribution in [0.1, 0.15) is 11.5 Å². The molecule has 0 atom stereocenters. The Morgan fingerprint density at radius 3 is 2.88 bits per heavy atom. The van der Waals surface area contributed by atoms with Gasteiger partial charge in [0.15, 0.2) is 0 Å². The summed E-state index contributed by atoms with van der Waals surface area (Å²) in [6.45, 7) is 2.46. The third-order valence-corrected chi connectivity index (χ3v) is 2.25. The van der Waals surface area contributed by atoms with Gasteiger partial charge in [-0.1, -0.05) is 11.6 Å². The van der Waals surface area contributed by atoms with Crippen molar-refractivity contribution in [1.29, 1.82) is 0 Å². The summed E-state index contributed by atoms with van der Waals surface area (Å²) in [5, 5.41) is 3.46. The van der Waals surface area contributed by atoms with Gasteiger partial charge in [0.2, 0.25) is 0 Å². The molecule has 0 amide bonds. The molecule has 0 aliphatic rings. The highest BCUT2D eigenvalue weighted by Gasteiger charge is 2.01. The normalized spacial score (nSPS) is 10.4. The Kier molecular flexibility index (Phi) is 3.01. The number of nitrogens with zero attached hydrogens (tertiary/aromatic N) is 1. The number of anilines is 2. The minimum atomic E-state index is 0.373. The Hall–Kier alpha value is -1.68. The van der Waals surface area contributed by atoms with Gasteiger partial charge in [0.1, 0.15) is 22.5 Å². The summed E-state index contributed by atoms with van der Waals surface area (Å²) >= 11 is 5.78. The average molecular weight is 238 g/mol. The van der Waals surface area contributed by atoms with Gasteiger partial charge in [-0.3, -0.25) is 0 Å². The van der Waals surface area contributed by atoms with Gasteiger partial charge in [-0.05, 0) is 25.1 Å². The molecule has 0 aliphatic heterocycles. The van der Waals surface area contributed by atoms with Crippen LogP contribution in [0.25, 0.3) is 0 Å². The number of hydrogen-bond donors (Lipinski definition) is 2. The lowest BCUT2D eigenvalue weighted by Crippen LogP contribution is -2.01. The van der Waals surface area contributed by atoms with Crippen LogP contribution in [0.4, 0.5) is 11.5 Å². The quantitative estimate of drug-likeness (QED) is 0.806. The molecule has 84 valence electrons. The van der Waals surface area contributed by atoms with Crippen LogP contribution in [0.3, 0.4) is 0 Å². The number of hydrogen-bond acceptors (Lipinski definition) is 4. The maximum atomic E-state index is 5.78. The molecule has 4 nitrogen and oxygen atoms in total. The molecule has 0 saturated heterocycles. The Bertz CT molecular complexity index is 475. The first-order chi connectivity index (χ1) is 7.63. The van der Waals surface area contributed by atoms with Gasteiger partial charge in [-0.15, -0.1) is 0 Å². The largest absolute Gasteiger partial charge is 0.465 e. The number of aromatic nitrogens is 1. The molecule has 0 fully saturated rings. The van der Waals surface area contributed by atoms with E-state index in [9.17, 15) is 0 Å². The van der Waals surface area contributed by atoms with E-state index < -0.39 is 0 Å². The second-order valence-corrected chi connectivity index (χ2v) is 3.86. The lowest BCUT2D eigenvalue weighted by atomic mass is 10.4. The highest BCUT2D eigenvalue weighted by molar-refractivity contribution is 6.29. The molecule has 2 aromatic heterocycles. The van der Waals surface area contributed by atoms with Crippen molar-refractivity contribution in [3.63, 3.8) is 0 Å². The molecule has 5 heteroatoms. The Morgan fingerprint density at radius 2 is 2.25 bits per heavy atom. The maximum Gasteiger partial charge on any atom is 0.133 e. The van der Waals surface area contributed by atoms with E-state index in [2.05, 4.69) is 10.3 Å². The molecule has 0 radical (unpaired) electrons. The Morgan fingerprint density at radius 1 is 1.44 bits per heavy atom. The molecule has 0 spiro atoms. The molecule has 3 N–H and O–H groups in total. The van der Waals surface area contributed by atoms with Crippen LogP contribution in [0, 0.1) is 6.92 Å². The van der Waals surface area contributed by atoms with E-state index in [1.165, 1.54) is 0 Å². The molecule has 2 rings (SSSR count). The zero-order chi connectivity index (χ0) is 11.5. The van der Waals surface area contributed by atoms with Crippen molar-refractivity contribution in [3.8, 4) is 0 Å². The number of furan rings is 1. The fraction of sp³-hybridized carbons (Fsp3) is 0.182. The number of aryl methyl sites for hydroxylation is 1. The van der Waals surface area contributed by atoms with Crippen molar-refractivity contribution >= 4 is 23.1 Å². The fourth-order valence-electron chi connectivity index (χ4n) is 1.37. The standard InChI is InChI=1S/C11H12ClN3O/c1-7-2-3-9(16-7)6-14-11-5-8(13)4-10(12)15-11/h2-5H,6H2,1H3,(H3,13,14,15). The molecule has 16 heavy (non-hydrogen) atoms. The third-order valence-electron chi connectivity index (χ3n) is 2.06. The third kappa shape index (κ3) is 2.67. The van der Waals surface area contributed by atoms with Crippen molar-refractivity contribution in [2.45, 2.75) is 13.5 Å². The van der Waals surface area contributed by atoms with Gasteiger partial charge in [-0.2, -0.15) is 0 Å². The summed E-state index contributed by atoms with van der Waals surface area (Å²) in [5.74, 6) is 2.37. The maximum absolute atomic E-state index is 5.78. The van der Waals surface area contributed by atoms with E-state index in [1.807, 2.05) is 19.1 Å². The number of pyridine rings is 1. The second kappa shape index (κ2) is 4.45. The molecular weight excluding hydrogens is 226 g/mol. The van der Waals surface area contributed by atoms with Gasteiger partial charge in [-0.25, -0.2) is 4.98 Å². The molecule has 0 bridgehead atoms. The number of rotatable bonds is 3. The molecule has 2 heterocycles. The SMILES string of the molecule is Cc1ccc(CNc2cc(N)cc(Cl)n2)o1. The van der Waals surface area contributed by atoms with Crippen LogP contribution < -0.4 is 11.1 Å². The number of halogens is 1. The zero-order valence-electron chi connectivity index (χ0n) is 8.83. The van der Waals surface area contributed by atoms with Crippen LogP contribution in [0.5, 0.6) is 0 Å². The molecule has 0 aliphatic carbocycles. The van der Waals surface area contributed by atoms with Crippen molar-refractivity contribution in [3.05, 3.63) is 40.9 Å². The van der Waals surface area contributed by atoms with Crippen molar-refractivity contribution < 1.29 is 4.42 Å². The molecule has 0 saturated carbocycles. The smallest absolute Gasteiger partial charge is 0.133 e. The second-order valence-electron chi connectivity index (χ2n) is 3.47. The van der Waals surface area contributed by atoms with Crippen molar-refractivity contribution in [2.75, 3.05) is 11.1 Å². The number of nitrogen functional groups attached to an aromatic ring is 1. The lowest BCUT2D eigenvalue weighted by molar-refractivity contribution is 0.490. The summed E-state index contributed by atoms with van der Waals surface area (Å²) < 4.78 is 5.41. The van der Waals surface area contributed by atoms with Crippen molar-refractivity contribution in [1.82, 2.24) is 4.98 Å². The van der Waals surface area contributed by atoms with Crippen LogP contribution >= 0.6 is 11.6 Å². The van der Waals surface area contributed by atoms with Crippen LogP contribution in [0.15, 0.2) is 28.7 Å². The van der Waals surface area contributed by atoms with Crippen LogP contribution in [0.2, 0.25) is 5.15 Å². The van der Waals surface area contributed by atoms with E-state index in [-0.39, 0.29) is 0 Å². The van der Waals surface area contributed by atoms with E-state index in [4.69, 9.17) is 21.8 Å². The number of nitrogens with one attached hydrogen (secondary N) is 1. The lowest BCUT2D eigenvalue weighted by Gasteiger charge is -2.04.